The number of ether oxygens (including phenoxy) is 1. The molecule has 0 unspecified atom stereocenters. The number of pyridine rings is 1. The largest absolute Gasteiger partial charge is 0.465 e. The molecule has 4 rings (SSSR count). The third-order valence-corrected chi connectivity index (χ3v) is 5.21. The van der Waals surface area contributed by atoms with Crippen LogP contribution >= 0.6 is 11.3 Å². The first-order valence-corrected chi connectivity index (χ1v) is 9.27. The van der Waals surface area contributed by atoms with E-state index in [0.29, 0.717) is 12.1 Å². The van der Waals surface area contributed by atoms with E-state index in [1.165, 1.54) is 7.11 Å². The normalized spacial score (nSPS) is 10.7. The summed E-state index contributed by atoms with van der Waals surface area (Å²) >= 11 is 1.63. The number of rotatable bonds is 5. The molecule has 0 aliphatic carbocycles. The first kappa shape index (κ1) is 17.2. The van der Waals surface area contributed by atoms with Crippen molar-refractivity contribution in [3.8, 4) is 0 Å². The Morgan fingerprint density at radius 3 is 2.52 bits per heavy atom. The highest BCUT2D eigenvalue weighted by molar-refractivity contribution is 7.22. The average Bonchev–Trinajstić information content (AvgIpc) is 3.16. The molecule has 4 aromatic rings. The van der Waals surface area contributed by atoms with E-state index in [0.717, 1.165) is 26.7 Å². The predicted octanol–water partition coefficient (Wildman–Crippen LogP) is 4.82. The van der Waals surface area contributed by atoms with Crippen LogP contribution in [0.1, 0.15) is 15.9 Å². The van der Waals surface area contributed by atoms with E-state index in [9.17, 15) is 4.79 Å². The van der Waals surface area contributed by atoms with Gasteiger partial charge in [0.15, 0.2) is 5.13 Å². The highest BCUT2D eigenvalue weighted by atomic mass is 32.1. The zero-order valence-corrected chi connectivity index (χ0v) is 15.5. The van der Waals surface area contributed by atoms with Crippen LogP contribution in [0.2, 0.25) is 0 Å². The van der Waals surface area contributed by atoms with E-state index in [2.05, 4.69) is 16.0 Å². The van der Waals surface area contributed by atoms with Crippen molar-refractivity contribution < 1.29 is 9.53 Å². The first-order valence-electron chi connectivity index (χ1n) is 8.46. The van der Waals surface area contributed by atoms with Crippen molar-refractivity contribution in [2.24, 2.45) is 0 Å². The maximum absolute atomic E-state index is 11.6. The quantitative estimate of drug-likeness (QED) is 0.468. The monoisotopic (exact) mass is 375 g/mol. The minimum absolute atomic E-state index is 0.339. The van der Waals surface area contributed by atoms with Crippen LogP contribution in [0.3, 0.4) is 0 Å². The van der Waals surface area contributed by atoms with Crippen molar-refractivity contribution in [2.45, 2.75) is 6.54 Å². The number of esters is 1. The van der Waals surface area contributed by atoms with Gasteiger partial charge in [-0.3, -0.25) is 4.90 Å². The maximum atomic E-state index is 11.6. The number of carbonyl (C=O) groups is 1. The van der Waals surface area contributed by atoms with Gasteiger partial charge in [-0.2, -0.15) is 0 Å². The second-order valence-electron chi connectivity index (χ2n) is 5.93. The molecule has 2 aromatic heterocycles. The van der Waals surface area contributed by atoms with Crippen molar-refractivity contribution in [3.63, 3.8) is 0 Å². The van der Waals surface area contributed by atoms with Crippen LogP contribution in [0.5, 0.6) is 0 Å². The minimum atomic E-state index is -0.339. The zero-order chi connectivity index (χ0) is 18.6. The van der Waals surface area contributed by atoms with E-state index in [1.807, 2.05) is 48.5 Å². The Kier molecular flexibility index (Phi) is 4.80. The number of thiazole rings is 1. The number of carbonyl (C=O) groups excluding carboxylic acids is 1. The van der Waals surface area contributed by atoms with Gasteiger partial charge in [0.2, 0.25) is 0 Å². The molecule has 0 radical (unpaired) electrons. The number of fused-ring (bicyclic) bond motifs is 1. The fraction of sp³-hybridized carbons (Fsp3) is 0.0952. The van der Waals surface area contributed by atoms with Gasteiger partial charge in [-0.25, -0.2) is 14.8 Å². The molecule has 0 saturated carbocycles. The van der Waals surface area contributed by atoms with Gasteiger partial charge in [-0.15, -0.1) is 0 Å². The van der Waals surface area contributed by atoms with Crippen LogP contribution in [-0.4, -0.2) is 23.0 Å². The Labute approximate surface area is 160 Å². The number of aromatic nitrogens is 2. The molecule has 5 nitrogen and oxygen atoms in total. The van der Waals surface area contributed by atoms with Crippen LogP contribution in [-0.2, 0) is 11.3 Å². The fourth-order valence-electron chi connectivity index (χ4n) is 2.78. The molecule has 0 aliphatic heterocycles. The van der Waals surface area contributed by atoms with Crippen molar-refractivity contribution >= 4 is 38.5 Å². The minimum Gasteiger partial charge on any atom is -0.465 e. The summed E-state index contributed by atoms with van der Waals surface area (Å²) in [5, 5.41) is 0.881. The zero-order valence-electron chi connectivity index (χ0n) is 14.7. The highest BCUT2D eigenvalue weighted by Gasteiger charge is 2.16. The summed E-state index contributed by atoms with van der Waals surface area (Å²) in [6.45, 7) is 0.596. The number of anilines is 2. The van der Waals surface area contributed by atoms with Gasteiger partial charge >= 0.3 is 5.97 Å². The molecule has 0 spiro atoms. The number of nitrogens with zero attached hydrogens (tertiary/aromatic N) is 3. The smallest absolute Gasteiger partial charge is 0.337 e. The van der Waals surface area contributed by atoms with E-state index in [-0.39, 0.29) is 5.97 Å². The molecule has 0 saturated heterocycles. The Morgan fingerprint density at radius 2 is 1.81 bits per heavy atom. The van der Waals surface area contributed by atoms with Gasteiger partial charge in [0.1, 0.15) is 5.82 Å². The second-order valence-corrected chi connectivity index (χ2v) is 6.94. The Bertz CT molecular complexity index is 1030. The maximum Gasteiger partial charge on any atom is 0.337 e. The predicted molar refractivity (Wildman–Crippen MR) is 107 cm³/mol. The molecule has 2 aromatic carbocycles. The lowest BCUT2D eigenvalue weighted by atomic mass is 10.1. The van der Waals surface area contributed by atoms with E-state index in [4.69, 9.17) is 9.72 Å². The third-order valence-electron chi connectivity index (χ3n) is 4.16. The summed E-state index contributed by atoms with van der Waals surface area (Å²) in [5.74, 6) is 0.489. The molecular formula is C21H17N3O2S. The molecule has 0 aliphatic rings. The summed E-state index contributed by atoms with van der Waals surface area (Å²) in [6, 6.07) is 21.3. The van der Waals surface area contributed by atoms with Crippen molar-refractivity contribution in [3.05, 3.63) is 84.1 Å². The molecule has 0 atom stereocenters. The topological polar surface area (TPSA) is 55.3 Å². The SMILES string of the molecule is COC(=O)c1ccc(CN(c2ccccn2)c2nc3ccccc3s2)cc1. The van der Waals surface area contributed by atoms with E-state index in [1.54, 1.807) is 29.7 Å². The lowest BCUT2D eigenvalue weighted by Crippen LogP contribution is -2.17. The number of benzene rings is 2. The highest BCUT2D eigenvalue weighted by Crippen LogP contribution is 2.33. The summed E-state index contributed by atoms with van der Waals surface area (Å²) in [5.41, 5.74) is 2.55. The average molecular weight is 375 g/mol. The van der Waals surface area contributed by atoms with Gasteiger partial charge in [0, 0.05) is 6.20 Å². The van der Waals surface area contributed by atoms with Crippen molar-refractivity contribution in [1.29, 1.82) is 0 Å². The first-order chi connectivity index (χ1) is 13.2. The summed E-state index contributed by atoms with van der Waals surface area (Å²) in [6.07, 6.45) is 1.77. The van der Waals surface area contributed by atoms with Crippen LogP contribution in [0, 0.1) is 0 Å². The Morgan fingerprint density at radius 1 is 1.04 bits per heavy atom. The fourth-order valence-corrected chi connectivity index (χ4v) is 3.76. The van der Waals surface area contributed by atoms with Crippen LogP contribution < -0.4 is 4.90 Å². The molecule has 27 heavy (non-hydrogen) atoms. The number of methoxy groups -OCH3 is 1. The molecule has 0 N–H and O–H groups in total. The molecule has 0 fully saturated rings. The van der Waals surface area contributed by atoms with Crippen LogP contribution in [0.4, 0.5) is 10.9 Å². The van der Waals surface area contributed by atoms with E-state index >= 15 is 0 Å². The number of hydrogen-bond donors (Lipinski definition) is 0. The standard InChI is InChI=1S/C21H17N3O2S/c1-26-20(25)16-11-9-15(10-12-16)14-24(19-8-4-5-13-22-19)21-23-17-6-2-3-7-18(17)27-21/h2-13H,14H2,1H3. The molecule has 6 heteroatoms. The van der Waals surface area contributed by atoms with Gasteiger partial charge in [-0.1, -0.05) is 41.7 Å². The molecule has 134 valence electrons. The Hall–Kier alpha value is -3.25. The van der Waals surface area contributed by atoms with Gasteiger partial charge in [-0.05, 0) is 42.0 Å². The van der Waals surface area contributed by atoms with Gasteiger partial charge in [0.25, 0.3) is 0 Å². The lowest BCUT2D eigenvalue weighted by Gasteiger charge is -2.21. The summed E-state index contributed by atoms with van der Waals surface area (Å²) in [4.78, 5) is 23.0. The van der Waals surface area contributed by atoms with Gasteiger partial charge in [0.05, 0.1) is 29.4 Å². The molecule has 0 amide bonds. The summed E-state index contributed by atoms with van der Waals surface area (Å²) < 4.78 is 5.90. The second kappa shape index (κ2) is 7.55. The van der Waals surface area contributed by atoms with Crippen molar-refractivity contribution in [2.75, 3.05) is 12.0 Å². The van der Waals surface area contributed by atoms with Crippen LogP contribution in [0.25, 0.3) is 10.2 Å². The van der Waals surface area contributed by atoms with Gasteiger partial charge < -0.3 is 4.74 Å². The Balaban J connectivity index is 1.69. The van der Waals surface area contributed by atoms with E-state index < -0.39 is 0 Å². The lowest BCUT2D eigenvalue weighted by molar-refractivity contribution is 0.0600. The van der Waals surface area contributed by atoms with Crippen molar-refractivity contribution in [1.82, 2.24) is 9.97 Å². The molecular weight excluding hydrogens is 358 g/mol. The van der Waals surface area contributed by atoms with Crippen LogP contribution in [0.15, 0.2) is 72.9 Å². The summed E-state index contributed by atoms with van der Waals surface area (Å²) in [7, 11) is 1.38. The number of hydrogen-bond acceptors (Lipinski definition) is 6. The number of para-hydroxylation sites is 1. The molecule has 0 bridgehead atoms. The third kappa shape index (κ3) is 3.66. The molecule has 2 heterocycles.